The molecule has 11 heteroatoms. The van der Waals surface area contributed by atoms with E-state index >= 15 is 0 Å². The van der Waals surface area contributed by atoms with Gasteiger partial charge in [-0.2, -0.15) is 5.10 Å². The molecule has 0 radical (unpaired) electrons. The van der Waals surface area contributed by atoms with Gasteiger partial charge in [-0.3, -0.25) is 14.8 Å². The number of carbonyl (C=O) groups is 2. The summed E-state index contributed by atoms with van der Waals surface area (Å²) in [5, 5.41) is 11.8. The largest absolute Gasteiger partial charge is 0.461 e. The molecule has 9 nitrogen and oxygen atoms in total. The number of hydrogen-bond acceptors (Lipinski definition) is 6. The molecule has 0 aliphatic rings. The van der Waals surface area contributed by atoms with Crippen LogP contribution < -0.4 is 5.32 Å². The van der Waals surface area contributed by atoms with Gasteiger partial charge >= 0.3 is 5.97 Å². The number of halogens is 2. The minimum absolute atomic E-state index is 0.0441. The lowest BCUT2D eigenvalue weighted by Crippen LogP contribution is -2.14. The van der Waals surface area contributed by atoms with E-state index in [9.17, 15) is 9.59 Å². The highest BCUT2D eigenvalue weighted by Gasteiger charge is 2.19. The molecule has 2 aromatic heterocycles. The van der Waals surface area contributed by atoms with E-state index in [0.29, 0.717) is 16.6 Å². The van der Waals surface area contributed by atoms with Crippen molar-refractivity contribution in [1.82, 2.24) is 24.5 Å². The third-order valence-electron chi connectivity index (χ3n) is 3.71. The molecule has 0 unspecified atom stereocenters. The number of carbonyl (C=O) groups excluding carboxylic acids is 2. The summed E-state index contributed by atoms with van der Waals surface area (Å²) in [5.41, 5.74) is 1.02. The number of nitrogens with zero attached hydrogens (tertiary/aromatic N) is 5. The Balaban J connectivity index is 1.69. The van der Waals surface area contributed by atoms with Crippen LogP contribution in [0.3, 0.4) is 0 Å². The van der Waals surface area contributed by atoms with Crippen molar-refractivity contribution in [3.05, 3.63) is 57.6 Å². The number of aromatic nitrogens is 5. The van der Waals surface area contributed by atoms with Crippen LogP contribution in [0.2, 0.25) is 10.0 Å². The molecule has 0 fully saturated rings. The maximum Gasteiger partial charge on any atom is 0.356 e. The van der Waals surface area contributed by atoms with Crippen molar-refractivity contribution in [2.75, 3.05) is 11.9 Å². The third kappa shape index (κ3) is 4.49. The van der Waals surface area contributed by atoms with Gasteiger partial charge in [0.05, 0.1) is 13.2 Å². The van der Waals surface area contributed by atoms with Crippen molar-refractivity contribution in [3.63, 3.8) is 0 Å². The molecular weight excluding hydrogens is 407 g/mol. The summed E-state index contributed by atoms with van der Waals surface area (Å²) in [6, 6.07) is 6.50. The molecule has 0 saturated heterocycles. The Morgan fingerprint density at radius 2 is 2.00 bits per heavy atom. The first-order valence-electron chi connectivity index (χ1n) is 8.23. The van der Waals surface area contributed by atoms with Crippen LogP contribution in [0.5, 0.6) is 0 Å². The second kappa shape index (κ2) is 8.41. The zero-order valence-corrected chi connectivity index (χ0v) is 16.5. The molecule has 1 aromatic carbocycles. The third-order valence-corrected chi connectivity index (χ3v) is 4.29. The van der Waals surface area contributed by atoms with Crippen LogP contribution in [-0.2, 0) is 18.3 Å². The van der Waals surface area contributed by atoms with Gasteiger partial charge in [0.1, 0.15) is 12.0 Å². The summed E-state index contributed by atoms with van der Waals surface area (Å²) in [6.45, 7) is 2.28. The maximum atomic E-state index is 12.4. The van der Waals surface area contributed by atoms with Gasteiger partial charge in [-0.05, 0) is 24.6 Å². The molecule has 0 spiro atoms. The Kier molecular flexibility index (Phi) is 5.96. The molecule has 28 heavy (non-hydrogen) atoms. The predicted octanol–water partition coefficient (Wildman–Crippen LogP) is 2.80. The highest BCUT2D eigenvalue weighted by molar-refractivity contribution is 6.35. The number of nitrogens with one attached hydrogen (secondary N) is 1. The second-order valence-corrected chi connectivity index (χ2v) is 6.56. The SMILES string of the molecule is CCOC(=O)c1cc(C(=O)Nc2ncn(Cc3ccc(Cl)cc3Cl)n2)nn1C. The predicted molar refractivity (Wildman–Crippen MR) is 103 cm³/mol. The monoisotopic (exact) mass is 422 g/mol. The minimum atomic E-state index is -0.557. The first-order chi connectivity index (χ1) is 13.4. The molecule has 3 rings (SSSR count). The Hall–Kier alpha value is -2.91. The number of benzene rings is 1. The average molecular weight is 423 g/mol. The first kappa shape index (κ1) is 19.8. The Bertz CT molecular complexity index is 1030. The quantitative estimate of drug-likeness (QED) is 0.612. The second-order valence-electron chi connectivity index (χ2n) is 5.71. The fourth-order valence-electron chi connectivity index (χ4n) is 2.39. The van der Waals surface area contributed by atoms with Gasteiger partial charge in [0.2, 0.25) is 5.95 Å². The summed E-state index contributed by atoms with van der Waals surface area (Å²) in [4.78, 5) is 28.2. The molecule has 0 atom stereocenters. The number of amides is 1. The standard InChI is InChI=1S/C17H16Cl2N6O3/c1-3-28-16(27)14-7-13(22-24(14)2)15(26)21-17-20-9-25(23-17)8-10-4-5-11(18)6-12(10)19/h4-7,9H,3,8H2,1-2H3,(H,21,23,26). The van der Waals surface area contributed by atoms with Gasteiger partial charge in [0.25, 0.3) is 5.91 Å². The lowest BCUT2D eigenvalue weighted by Gasteiger charge is -2.04. The Morgan fingerprint density at radius 3 is 2.71 bits per heavy atom. The number of rotatable bonds is 6. The highest BCUT2D eigenvalue weighted by Crippen LogP contribution is 2.21. The lowest BCUT2D eigenvalue weighted by molar-refractivity contribution is 0.0513. The normalized spacial score (nSPS) is 10.7. The Morgan fingerprint density at radius 1 is 1.21 bits per heavy atom. The summed E-state index contributed by atoms with van der Waals surface area (Å²) >= 11 is 12.0. The van der Waals surface area contributed by atoms with Crippen LogP contribution in [0.15, 0.2) is 30.6 Å². The van der Waals surface area contributed by atoms with Crippen LogP contribution in [0.25, 0.3) is 0 Å². The van der Waals surface area contributed by atoms with Crippen LogP contribution in [-0.4, -0.2) is 43.0 Å². The molecular formula is C17H16Cl2N6O3. The zero-order valence-electron chi connectivity index (χ0n) is 15.0. The average Bonchev–Trinajstić information content (AvgIpc) is 3.24. The van der Waals surface area contributed by atoms with Gasteiger partial charge in [0.15, 0.2) is 5.69 Å². The van der Waals surface area contributed by atoms with Crippen LogP contribution in [0.4, 0.5) is 5.95 Å². The van der Waals surface area contributed by atoms with Crippen molar-refractivity contribution < 1.29 is 14.3 Å². The fraction of sp³-hybridized carbons (Fsp3) is 0.235. The summed E-state index contributed by atoms with van der Waals surface area (Å²) in [7, 11) is 1.55. The lowest BCUT2D eigenvalue weighted by atomic mass is 10.2. The van der Waals surface area contributed by atoms with E-state index in [1.165, 1.54) is 21.8 Å². The van der Waals surface area contributed by atoms with Crippen molar-refractivity contribution in [1.29, 1.82) is 0 Å². The fourth-order valence-corrected chi connectivity index (χ4v) is 2.86. The van der Waals surface area contributed by atoms with Gasteiger partial charge < -0.3 is 4.74 Å². The maximum absolute atomic E-state index is 12.4. The van der Waals surface area contributed by atoms with E-state index in [2.05, 4.69) is 20.5 Å². The smallest absolute Gasteiger partial charge is 0.356 e. The van der Waals surface area contributed by atoms with Gasteiger partial charge in [-0.25, -0.2) is 14.5 Å². The first-order valence-corrected chi connectivity index (χ1v) is 8.99. The number of esters is 1. The molecule has 0 bridgehead atoms. The molecule has 1 amide bonds. The van der Waals surface area contributed by atoms with E-state index in [0.717, 1.165) is 5.56 Å². The van der Waals surface area contributed by atoms with Gasteiger partial charge in [-0.15, -0.1) is 5.10 Å². The van der Waals surface area contributed by atoms with Crippen LogP contribution >= 0.6 is 23.2 Å². The molecule has 146 valence electrons. The number of hydrogen-bond donors (Lipinski definition) is 1. The molecule has 0 aliphatic heterocycles. The van der Waals surface area contributed by atoms with E-state index < -0.39 is 11.9 Å². The molecule has 0 saturated carbocycles. The summed E-state index contributed by atoms with van der Waals surface area (Å²) < 4.78 is 7.72. The van der Waals surface area contributed by atoms with Gasteiger partial charge in [-0.1, -0.05) is 29.3 Å². The molecule has 0 aliphatic carbocycles. The van der Waals surface area contributed by atoms with Crippen molar-refractivity contribution in [2.45, 2.75) is 13.5 Å². The van der Waals surface area contributed by atoms with E-state index in [1.807, 2.05) is 0 Å². The zero-order chi connectivity index (χ0) is 20.3. The summed E-state index contributed by atoms with van der Waals surface area (Å²) in [5.74, 6) is -1.01. The van der Waals surface area contributed by atoms with Gasteiger partial charge in [0, 0.05) is 23.2 Å². The molecule has 2 heterocycles. The van der Waals surface area contributed by atoms with E-state index in [1.54, 1.807) is 32.2 Å². The molecule has 1 N–H and O–H groups in total. The van der Waals surface area contributed by atoms with E-state index in [-0.39, 0.29) is 23.9 Å². The van der Waals surface area contributed by atoms with Crippen molar-refractivity contribution in [2.24, 2.45) is 7.05 Å². The summed E-state index contributed by atoms with van der Waals surface area (Å²) in [6.07, 6.45) is 1.46. The number of aryl methyl sites for hydroxylation is 1. The van der Waals surface area contributed by atoms with Crippen molar-refractivity contribution >= 4 is 41.0 Å². The highest BCUT2D eigenvalue weighted by atomic mass is 35.5. The topological polar surface area (TPSA) is 104 Å². The number of anilines is 1. The van der Waals surface area contributed by atoms with E-state index in [4.69, 9.17) is 27.9 Å². The Labute approximate surface area is 170 Å². The minimum Gasteiger partial charge on any atom is -0.461 e. The number of ether oxygens (including phenoxy) is 1. The van der Waals surface area contributed by atoms with Crippen molar-refractivity contribution in [3.8, 4) is 0 Å². The van der Waals surface area contributed by atoms with Crippen LogP contribution in [0.1, 0.15) is 33.5 Å². The van der Waals surface area contributed by atoms with Crippen LogP contribution in [0, 0.1) is 0 Å². The molecule has 3 aromatic rings.